The molecule has 1 atom stereocenters. The fourth-order valence-electron chi connectivity index (χ4n) is 1.91. The summed E-state index contributed by atoms with van der Waals surface area (Å²) < 4.78 is 5.65. The van der Waals surface area contributed by atoms with Crippen LogP contribution in [0.5, 0.6) is 0 Å². The van der Waals surface area contributed by atoms with Crippen molar-refractivity contribution in [3.63, 3.8) is 0 Å². The van der Waals surface area contributed by atoms with E-state index in [0.717, 1.165) is 23.5 Å². The van der Waals surface area contributed by atoms with Gasteiger partial charge in [0.15, 0.2) is 0 Å². The summed E-state index contributed by atoms with van der Waals surface area (Å²) in [6.45, 7) is 3.47. The first-order valence-electron chi connectivity index (χ1n) is 6.39. The van der Waals surface area contributed by atoms with Crippen molar-refractivity contribution in [2.75, 3.05) is 20.6 Å². The number of nitrogens with zero attached hydrogens (tertiary/aromatic N) is 5. The Bertz CT molecular complexity index is 568. The van der Waals surface area contributed by atoms with E-state index in [4.69, 9.17) is 11.6 Å². The third-order valence-electron chi connectivity index (χ3n) is 3.02. The lowest BCUT2D eigenvalue weighted by Crippen LogP contribution is -2.21. The first kappa shape index (κ1) is 15.4. The Morgan fingerprint density at radius 3 is 2.90 bits per heavy atom. The summed E-state index contributed by atoms with van der Waals surface area (Å²) in [5.41, 5.74) is 1.41. The van der Waals surface area contributed by atoms with Crippen LogP contribution in [0, 0.1) is 0 Å². The molecule has 0 radical (unpaired) electrons. The SMILES string of the molecule is CCc1nnsc1C(O)c1c(Cl)cnn1CCN(C)C. The van der Waals surface area contributed by atoms with Gasteiger partial charge in [-0.25, -0.2) is 0 Å². The van der Waals surface area contributed by atoms with E-state index >= 15 is 0 Å². The van der Waals surface area contributed by atoms with E-state index in [1.165, 1.54) is 11.5 Å². The maximum Gasteiger partial charge on any atom is 0.135 e. The lowest BCUT2D eigenvalue weighted by Gasteiger charge is -2.15. The molecule has 0 aromatic carbocycles. The molecule has 0 fully saturated rings. The molecule has 20 heavy (non-hydrogen) atoms. The minimum absolute atomic E-state index is 0.465. The molecular weight excluding hydrogens is 298 g/mol. The van der Waals surface area contributed by atoms with Gasteiger partial charge in [0.1, 0.15) is 6.10 Å². The molecule has 1 unspecified atom stereocenters. The monoisotopic (exact) mass is 315 g/mol. The number of aryl methyl sites for hydroxylation is 1. The van der Waals surface area contributed by atoms with Gasteiger partial charge in [0.25, 0.3) is 0 Å². The van der Waals surface area contributed by atoms with E-state index in [1.54, 1.807) is 10.9 Å². The van der Waals surface area contributed by atoms with Crippen LogP contribution in [-0.4, -0.2) is 50.0 Å². The average Bonchev–Trinajstić information content (AvgIpc) is 3.01. The lowest BCUT2D eigenvalue weighted by molar-refractivity contribution is 0.208. The standard InChI is InChI=1S/C12H18ClN5OS/c1-4-9-12(20-16-15-9)11(19)10-8(13)7-14-18(10)6-5-17(2)3/h7,11,19H,4-6H2,1-3H3. The van der Waals surface area contributed by atoms with Gasteiger partial charge in [-0.05, 0) is 32.0 Å². The van der Waals surface area contributed by atoms with Crippen molar-refractivity contribution in [1.29, 1.82) is 0 Å². The molecule has 0 aliphatic heterocycles. The first-order valence-corrected chi connectivity index (χ1v) is 7.54. The van der Waals surface area contributed by atoms with Crippen molar-refractivity contribution in [3.05, 3.63) is 27.5 Å². The highest BCUT2D eigenvalue weighted by atomic mass is 35.5. The molecule has 0 amide bonds. The Balaban J connectivity index is 2.29. The van der Waals surface area contributed by atoms with Crippen LogP contribution in [0.3, 0.4) is 0 Å². The average molecular weight is 316 g/mol. The fraction of sp³-hybridized carbons (Fsp3) is 0.583. The maximum atomic E-state index is 10.6. The quantitative estimate of drug-likeness (QED) is 0.877. The van der Waals surface area contributed by atoms with Crippen molar-refractivity contribution in [2.24, 2.45) is 0 Å². The van der Waals surface area contributed by atoms with Gasteiger partial charge in [0.2, 0.25) is 0 Å². The zero-order chi connectivity index (χ0) is 14.7. The van der Waals surface area contributed by atoms with Crippen molar-refractivity contribution < 1.29 is 5.11 Å². The highest BCUT2D eigenvalue weighted by Gasteiger charge is 2.24. The molecule has 2 heterocycles. The summed E-state index contributed by atoms with van der Waals surface area (Å²) in [7, 11) is 3.98. The van der Waals surface area contributed by atoms with Crippen LogP contribution in [0.1, 0.15) is 29.3 Å². The summed E-state index contributed by atoms with van der Waals surface area (Å²) in [5, 5.41) is 19.3. The Morgan fingerprint density at radius 1 is 1.50 bits per heavy atom. The topological polar surface area (TPSA) is 67.1 Å². The molecule has 2 rings (SSSR count). The van der Waals surface area contributed by atoms with Crippen molar-refractivity contribution in [2.45, 2.75) is 26.0 Å². The van der Waals surface area contributed by atoms with Crippen molar-refractivity contribution in [3.8, 4) is 0 Å². The zero-order valence-corrected chi connectivity index (χ0v) is 13.3. The minimum atomic E-state index is -0.831. The molecule has 110 valence electrons. The molecule has 0 spiro atoms. The molecular formula is C12H18ClN5OS. The molecule has 1 N–H and O–H groups in total. The molecule has 0 bridgehead atoms. The van der Waals surface area contributed by atoms with Crippen LogP contribution >= 0.6 is 23.1 Å². The number of aliphatic hydroxyl groups excluding tert-OH is 1. The van der Waals surface area contributed by atoms with E-state index in [9.17, 15) is 5.11 Å². The largest absolute Gasteiger partial charge is 0.381 e. The van der Waals surface area contributed by atoms with Gasteiger partial charge in [-0.2, -0.15) is 5.10 Å². The highest BCUT2D eigenvalue weighted by molar-refractivity contribution is 7.05. The molecule has 6 nitrogen and oxygen atoms in total. The Hall–Kier alpha value is -1.02. The third kappa shape index (κ3) is 3.17. The van der Waals surface area contributed by atoms with E-state index < -0.39 is 6.10 Å². The zero-order valence-electron chi connectivity index (χ0n) is 11.7. The Kier molecular flexibility index (Phi) is 5.09. The minimum Gasteiger partial charge on any atom is -0.381 e. The van der Waals surface area contributed by atoms with Crippen LogP contribution in [-0.2, 0) is 13.0 Å². The molecule has 8 heteroatoms. The van der Waals surface area contributed by atoms with Crippen molar-refractivity contribution in [1.82, 2.24) is 24.3 Å². The number of aliphatic hydroxyl groups is 1. The predicted octanol–water partition coefficient (Wildman–Crippen LogP) is 1.59. The number of hydrogen-bond acceptors (Lipinski definition) is 6. The van der Waals surface area contributed by atoms with Gasteiger partial charge < -0.3 is 10.0 Å². The number of halogens is 1. The van der Waals surface area contributed by atoms with E-state index in [0.29, 0.717) is 17.3 Å². The van der Waals surface area contributed by atoms with Gasteiger partial charge in [-0.1, -0.05) is 23.0 Å². The summed E-state index contributed by atoms with van der Waals surface area (Å²) in [4.78, 5) is 2.79. The van der Waals surface area contributed by atoms with E-state index in [-0.39, 0.29) is 0 Å². The molecule has 0 saturated carbocycles. The smallest absolute Gasteiger partial charge is 0.135 e. The third-order valence-corrected chi connectivity index (χ3v) is 4.13. The second-order valence-electron chi connectivity index (χ2n) is 4.74. The fourth-order valence-corrected chi connectivity index (χ4v) is 2.88. The molecule has 2 aromatic heterocycles. The Morgan fingerprint density at radius 2 is 2.25 bits per heavy atom. The molecule has 0 aliphatic carbocycles. The second-order valence-corrected chi connectivity index (χ2v) is 5.94. The predicted molar refractivity (Wildman–Crippen MR) is 79.1 cm³/mol. The number of hydrogen-bond donors (Lipinski definition) is 1. The van der Waals surface area contributed by atoms with Crippen LogP contribution in [0.15, 0.2) is 6.20 Å². The van der Waals surface area contributed by atoms with Crippen LogP contribution < -0.4 is 0 Å². The molecule has 0 aliphatic rings. The summed E-state index contributed by atoms with van der Waals surface area (Å²) in [5.74, 6) is 0. The molecule has 2 aromatic rings. The number of aromatic nitrogens is 4. The van der Waals surface area contributed by atoms with Gasteiger partial charge in [0, 0.05) is 6.54 Å². The van der Waals surface area contributed by atoms with Gasteiger partial charge in [-0.3, -0.25) is 4.68 Å². The van der Waals surface area contributed by atoms with Gasteiger partial charge >= 0.3 is 0 Å². The maximum absolute atomic E-state index is 10.6. The lowest BCUT2D eigenvalue weighted by atomic mass is 10.1. The Labute approximate surface area is 127 Å². The van der Waals surface area contributed by atoms with Gasteiger partial charge in [0.05, 0.1) is 34.0 Å². The highest BCUT2D eigenvalue weighted by Crippen LogP contribution is 2.31. The normalized spacial score (nSPS) is 13.1. The summed E-state index contributed by atoms with van der Waals surface area (Å²) in [6.07, 6.45) is 1.46. The molecule has 0 saturated heterocycles. The number of rotatable bonds is 6. The van der Waals surface area contributed by atoms with Crippen molar-refractivity contribution >= 4 is 23.1 Å². The summed E-state index contributed by atoms with van der Waals surface area (Å²) >= 11 is 7.38. The summed E-state index contributed by atoms with van der Waals surface area (Å²) in [6, 6.07) is 0. The van der Waals surface area contributed by atoms with Gasteiger partial charge in [-0.15, -0.1) is 5.10 Å². The van der Waals surface area contributed by atoms with E-state index in [2.05, 4.69) is 19.6 Å². The first-order chi connectivity index (χ1) is 9.54. The number of likely N-dealkylation sites (N-methyl/N-ethyl adjacent to an activating group) is 1. The van der Waals surface area contributed by atoms with Crippen LogP contribution in [0.25, 0.3) is 0 Å². The van der Waals surface area contributed by atoms with E-state index in [1.807, 2.05) is 21.0 Å². The second kappa shape index (κ2) is 6.62. The van der Waals surface area contributed by atoms with Crippen LogP contribution in [0.2, 0.25) is 5.02 Å². The van der Waals surface area contributed by atoms with Crippen LogP contribution in [0.4, 0.5) is 0 Å².